The van der Waals surface area contributed by atoms with Crippen LogP contribution in [0.5, 0.6) is 11.6 Å². The first-order chi connectivity index (χ1) is 18.5. The molecule has 38 heavy (non-hydrogen) atoms. The minimum atomic E-state index is -0.553. The quantitative estimate of drug-likeness (QED) is 0.306. The number of rotatable bonds is 6. The standard InChI is InChI=1S/C28H23FN4O4S/c1-15-8-18(24-21(9-15)32-23(35-2)13-30-24)27-33-22-11-20(29)25-19(26(22)38-27)10-17(37-25)12-31-28(34)36-14-16-6-4-3-5-7-16/h3-9,11,13,17H,10,12,14H2,1-2H3,(H,31,34). The van der Waals surface area contributed by atoms with E-state index in [4.69, 9.17) is 19.2 Å². The molecule has 1 aliphatic heterocycles. The molecule has 10 heteroatoms. The number of hydrogen-bond donors (Lipinski definition) is 1. The van der Waals surface area contributed by atoms with Crippen molar-refractivity contribution in [3.8, 4) is 22.2 Å². The fraction of sp³-hybridized carbons (Fsp3) is 0.214. The van der Waals surface area contributed by atoms with Gasteiger partial charge in [-0.25, -0.2) is 24.1 Å². The largest absolute Gasteiger partial charge is 0.485 e. The van der Waals surface area contributed by atoms with Gasteiger partial charge in [0.2, 0.25) is 5.88 Å². The first-order valence-electron chi connectivity index (χ1n) is 12.0. The molecule has 5 aromatic rings. The van der Waals surface area contributed by atoms with E-state index in [1.165, 1.54) is 17.4 Å². The zero-order valence-corrected chi connectivity index (χ0v) is 21.5. The van der Waals surface area contributed by atoms with Gasteiger partial charge in [-0.15, -0.1) is 11.3 Å². The molecule has 0 saturated carbocycles. The number of carbonyl (C=O) groups excluding carboxylic acids is 1. The van der Waals surface area contributed by atoms with Gasteiger partial charge in [0, 0.05) is 23.6 Å². The van der Waals surface area contributed by atoms with E-state index in [-0.39, 0.29) is 18.9 Å². The van der Waals surface area contributed by atoms with Gasteiger partial charge >= 0.3 is 6.09 Å². The van der Waals surface area contributed by atoms with Crippen LogP contribution in [-0.4, -0.2) is 40.8 Å². The van der Waals surface area contributed by atoms with Gasteiger partial charge in [-0.3, -0.25) is 0 Å². The number of alkyl carbamates (subject to hydrolysis) is 1. The number of halogens is 1. The Kier molecular flexibility index (Phi) is 6.24. The average Bonchev–Trinajstić information content (AvgIpc) is 3.55. The summed E-state index contributed by atoms with van der Waals surface area (Å²) in [5.74, 6) is 0.159. The van der Waals surface area contributed by atoms with Crippen LogP contribution in [0.4, 0.5) is 9.18 Å². The molecular weight excluding hydrogens is 507 g/mol. The summed E-state index contributed by atoms with van der Waals surface area (Å²) < 4.78 is 32.2. The predicted octanol–water partition coefficient (Wildman–Crippen LogP) is 5.59. The summed E-state index contributed by atoms with van der Waals surface area (Å²) >= 11 is 1.46. The third-order valence-electron chi connectivity index (χ3n) is 6.29. The number of aromatic nitrogens is 3. The highest BCUT2D eigenvalue weighted by atomic mass is 32.1. The Labute approximate surface area is 221 Å². The van der Waals surface area contributed by atoms with Gasteiger partial charge in [0.25, 0.3) is 0 Å². The summed E-state index contributed by atoms with van der Waals surface area (Å²) in [7, 11) is 1.55. The highest BCUT2D eigenvalue weighted by Crippen LogP contribution is 2.43. The van der Waals surface area contributed by atoms with Gasteiger partial charge in [0.05, 0.1) is 41.1 Å². The third kappa shape index (κ3) is 4.58. The number of carbonyl (C=O) groups is 1. The molecule has 1 unspecified atom stereocenters. The molecule has 6 rings (SSSR count). The Morgan fingerprint density at radius 3 is 2.84 bits per heavy atom. The summed E-state index contributed by atoms with van der Waals surface area (Å²) in [6, 6.07) is 14.8. The van der Waals surface area contributed by atoms with Gasteiger partial charge in [0.15, 0.2) is 11.6 Å². The molecule has 2 aromatic heterocycles. The minimum absolute atomic E-state index is 0.169. The van der Waals surface area contributed by atoms with Crippen molar-refractivity contribution in [1.82, 2.24) is 20.3 Å². The number of nitrogens with zero attached hydrogens (tertiary/aromatic N) is 3. The number of amides is 1. The van der Waals surface area contributed by atoms with Crippen LogP contribution in [0.3, 0.4) is 0 Å². The minimum Gasteiger partial charge on any atom is -0.485 e. The SMILES string of the molecule is COc1cnc2c(-c3nc4cc(F)c5c(c4s3)CC(CNC(=O)OCc3ccccc3)O5)cc(C)cc2n1. The number of thiazole rings is 1. The molecule has 0 bridgehead atoms. The molecule has 192 valence electrons. The molecule has 0 saturated heterocycles. The van der Waals surface area contributed by atoms with Gasteiger partial charge < -0.3 is 19.5 Å². The van der Waals surface area contributed by atoms with E-state index in [0.717, 1.165) is 27.0 Å². The third-order valence-corrected chi connectivity index (χ3v) is 7.46. The molecule has 3 aromatic carbocycles. The van der Waals surface area contributed by atoms with Crippen molar-refractivity contribution in [3.63, 3.8) is 0 Å². The molecule has 1 atom stereocenters. The maximum absolute atomic E-state index is 15.0. The second-order valence-electron chi connectivity index (χ2n) is 9.01. The van der Waals surface area contributed by atoms with Crippen LogP contribution >= 0.6 is 11.3 Å². The smallest absolute Gasteiger partial charge is 0.407 e. The van der Waals surface area contributed by atoms with Crippen molar-refractivity contribution < 1.29 is 23.4 Å². The van der Waals surface area contributed by atoms with E-state index in [1.54, 1.807) is 13.3 Å². The van der Waals surface area contributed by atoms with E-state index in [2.05, 4.69) is 15.3 Å². The van der Waals surface area contributed by atoms with Gasteiger partial charge in [-0.1, -0.05) is 30.3 Å². The Hall–Kier alpha value is -4.31. The number of hydrogen-bond acceptors (Lipinski definition) is 8. The molecule has 8 nitrogen and oxygen atoms in total. The second-order valence-corrected chi connectivity index (χ2v) is 10.0. The van der Waals surface area contributed by atoms with E-state index in [1.807, 2.05) is 49.4 Å². The monoisotopic (exact) mass is 530 g/mol. The highest BCUT2D eigenvalue weighted by molar-refractivity contribution is 7.22. The van der Waals surface area contributed by atoms with E-state index in [9.17, 15) is 4.79 Å². The molecule has 1 amide bonds. The zero-order valence-electron chi connectivity index (χ0n) is 20.7. The van der Waals surface area contributed by atoms with Crippen LogP contribution < -0.4 is 14.8 Å². The van der Waals surface area contributed by atoms with Crippen LogP contribution in [-0.2, 0) is 17.8 Å². The summed E-state index contributed by atoms with van der Waals surface area (Å²) in [5.41, 5.74) is 5.41. The Morgan fingerprint density at radius 1 is 1.18 bits per heavy atom. The fourth-order valence-corrected chi connectivity index (χ4v) is 5.65. The van der Waals surface area contributed by atoms with Gasteiger partial charge in [0.1, 0.15) is 17.7 Å². The zero-order chi connectivity index (χ0) is 26.2. The number of fused-ring (bicyclic) bond motifs is 4. The van der Waals surface area contributed by atoms with Crippen molar-refractivity contribution in [2.45, 2.75) is 26.1 Å². The van der Waals surface area contributed by atoms with Crippen LogP contribution in [0.15, 0.2) is 54.7 Å². The van der Waals surface area contributed by atoms with Crippen molar-refractivity contribution in [1.29, 1.82) is 0 Å². The van der Waals surface area contributed by atoms with Crippen LogP contribution in [0, 0.1) is 12.7 Å². The molecule has 1 aliphatic rings. The number of aryl methyl sites for hydroxylation is 1. The number of benzene rings is 3. The van der Waals surface area contributed by atoms with Crippen molar-refractivity contribution in [2.75, 3.05) is 13.7 Å². The molecule has 0 aliphatic carbocycles. The Bertz CT molecular complexity index is 1670. The Morgan fingerprint density at radius 2 is 2.03 bits per heavy atom. The topological polar surface area (TPSA) is 95.5 Å². The molecular formula is C28H23FN4O4S. The molecule has 1 N–H and O–H groups in total. The normalized spacial score (nSPS) is 14.3. The van der Waals surface area contributed by atoms with Crippen molar-refractivity contribution in [3.05, 3.63) is 77.2 Å². The number of methoxy groups -OCH3 is 1. The maximum atomic E-state index is 15.0. The molecule has 0 radical (unpaired) electrons. The lowest BCUT2D eigenvalue weighted by Gasteiger charge is -2.12. The van der Waals surface area contributed by atoms with Crippen LogP contribution in [0.1, 0.15) is 16.7 Å². The lowest BCUT2D eigenvalue weighted by Crippen LogP contribution is -2.34. The number of nitrogens with one attached hydrogen (secondary N) is 1. The summed E-state index contributed by atoms with van der Waals surface area (Å²) in [4.78, 5) is 26.0. The molecule has 0 fully saturated rings. The Balaban J connectivity index is 1.23. The maximum Gasteiger partial charge on any atom is 0.407 e. The summed E-state index contributed by atoms with van der Waals surface area (Å²) in [5, 5.41) is 3.43. The first-order valence-corrected chi connectivity index (χ1v) is 12.8. The lowest BCUT2D eigenvalue weighted by atomic mass is 10.1. The average molecular weight is 531 g/mol. The van der Waals surface area contributed by atoms with Crippen molar-refractivity contribution >= 4 is 38.7 Å². The van der Waals surface area contributed by atoms with E-state index < -0.39 is 18.0 Å². The lowest BCUT2D eigenvalue weighted by molar-refractivity contribution is 0.133. The predicted molar refractivity (Wildman–Crippen MR) is 142 cm³/mol. The summed E-state index contributed by atoms with van der Waals surface area (Å²) in [6.45, 7) is 2.34. The van der Waals surface area contributed by atoms with E-state index >= 15 is 4.39 Å². The first kappa shape index (κ1) is 24.1. The second kappa shape index (κ2) is 9.86. The van der Waals surface area contributed by atoms with Gasteiger partial charge in [-0.05, 0) is 30.2 Å². The fourth-order valence-electron chi connectivity index (χ4n) is 4.54. The molecule has 3 heterocycles. The van der Waals surface area contributed by atoms with Gasteiger partial charge in [-0.2, -0.15) is 0 Å². The van der Waals surface area contributed by atoms with Crippen molar-refractivity contribution in [2.24, 2.45) is 0 Å². The summed E-state index contributed by atoms with van der Waals surface area (Å²) in [6.07, 6.45) is 1.04. The number of ether oxygens (including phenoxy) is 3. The van der Waals surface area contributed by atoms with Crippen LogP contribution in [0.25, 0.3) is 31.8 Å². The molecule has 0 spiro atoms. The highest BCUT2D eigenvalue weighted by Gasteiger charge is 2.30. The van der Waals surface area contributed by atoms with Crippen LogP contribution in [0.2, 0.25) is 0 Å². The van der Waals surface area contributed by atoms with E-state index in [0.29, 0.717) is 33.9 Å².